The minimum atomic E-state index is -4.34. The average molecular weight is 246 g/mol. The highest BCUT2D eigenvalue weighted by Crippen LogP contribution is 2.36. The minimum Gasteiger partial charge on any atom is -0.374 e. The van der Waals surface area contributed by atoms with Gasteiger partial charge >= 0.3 is 6.18 Å². The maximum atomic E-state index is 12.9. The zero-order chi connectivity index (χ0) is 13.1. The zero-order valence-corrected chi connectivity index (χ0v) is 10.0. The Hall–Kier alpha value is -1.23. The van der Waals surface area contributed by atoms with Crippen molar-refractivity contribution in [1.82, 2.24) is 0 Å². The van der Waals surface area contributed by atoms with Gasteiger partial charge in [0, 0.05) is 25.8 Å². The Kier molecular flexibility index (Phi) is 4.40. The molecule has 0 spiro atoms. The van der Waals surface area contributed by atoms with Gasteiger partial charge in [0.1, 0.15) is 0 Å². The molecule has 0 saturated carbocycles. The minimum absolute atomic E-state index is 0.112. The third-order valence-electron chi connectivity index (χ3n) is 2.57. The highest BCUT2D eigenvalue weighted by atomic mass is 19.4. The highest BCUT2D eigenvalue weighted by Gasteiger charge is 2.34. The molecule has 1 aromatic rings. The van der Waals surface area contributed by atoms with Gasteiger partial charge in [0.05, 0.1) is 5.56 Å². The summed E-state index contributed by atoms with van der Waals surface area (Å²) in [5.74, 6) is 0. The van der Waals surface area contributed by atoms with Crippen LogP contribution in [0.1, 0.15) is 24.5 Å². The van der Waals surface area contributed by atoms with Crippen molar-refractivity contribution in [3.8, 4) is 0 Å². The van der Waals surface area contributed by atoms with Gasteiger partial charge in [0.25, 0.3) is 0 Å². The first kappa shape index (κ1) is 13.8. The third kappa shape index (κ3) is 3.36. The molecule has 0 aliphatic heterocycles. The Morgan fingerprint density at radius 3 is 2.41 bits per heavy atom. The summed E-state index contributed by atoms with van der Waals surface area (Å²) in [5.41, 5.74) is 5.45. The second-order valence-corrected chi connectivity index (χ2v) is 3.97. The van der Waals surface area contributed by atoms with E-state index in [1.807, 2.05) is 6.92 Å². The number of hydrogen-bond acceptors (Lipinski definition) is 2. The standard InChI is InChI=1S/C12H17F3N2/c1-3-6-17(2)11-5-4-9(8-16)7-10(11)12(13,14)15/h4-5,7H,3,6,8,16H2,1-2H3. The Bertz CT molecular complexity index is 375. The maximum absolute atomic E-state index is 12.9. The van der Waals surface area contributed by atoms with E-state index in [0.717, 1.165) is 12.5 Å². The molecule has 0 amide bonds. The molecule has 17 heavy (non-hydrogen) atoms. The lowest BCUT2D eigenvalue weighted by Crippen LogP contribution is -2.22. The molecule has 5 heteroatoms. The summed E-state index contributed by atoms with van der Waals surface area (Å²) in [6.45, 7) is 2.63. The smallest absolute Gasteiger partial charge is 0.374 e. The van der Waals surface area contributed by atoms with Crippen LogP contribution in [0.4, 0.5) is 18.9 Å². The fourth-order valence-electron chi connectivity index (χ4n) is 1.73. The summed E-state index contributed by atoms with van der Waals surface area (Å²) >= 11 is 0. The van der Waals surface area contributed by atoms with E-state index in [9.17, 15) is 13.2 Å². The second kappa shape index (κ2) is 5.40. The number of alkyl halides is 3. The van der Waals surface area contributed by atoms with Gasteiger partial charge in [-0.15, -0.1) is 0 Å². The molecule has 1 aromatic carbocycles. The fraction of sp³-hybridized carbons (Fsp3) is 0.500. The first-order chi connectivity index (χ1) is 7.90. The summed E-state index contributed by atoms with van der Waals surface area (Å²) < 4.78 is 38.7. The van der Waals surface area contributed by atoms with E-state index in [1.54, 1.807) is 18.0 Å². The quantitative estimate of drug-likeness (QED) is 0.884. The molecule has 2 nitrogen and oxygen atoms in total. The summed E-state index contributed by atoms with van der Waals surface area (Å²) in [5, 5.41) is 0. The number of hydrogen-bond donors (Lipinski definition) is 1. The van der Waals surface area contributed by atoms with Crippen LogP contribution >= 0.6 is 0 Å². The Labute approximate surface area is 99.2 Å². The average Bonchev–Trinajstić information content (AvgIpc) is 2.27. The first-order valence-electron chi connectivity index (χ1n) is 5.51. The normalized spacial score (nSPS) is 11.6. The SMILES string of the molecule is CCCN(C)c1ccc(CN)cc1C(F)(F)F. The van der Waals surface area contributed by atoms with Crippen molar-refractivity contribution >= 4 is 5.69 Å². The lowest BCUT2D eigenvalue weighted by molar-refractivity contribution is -0.137. The van der Waals surface area contributed by atoms with Crippen LogP contribution in [0.15, 0.2) is 18.2 Å². The van der Waals surface area contributed by atoms with E-state index in [1.165, 1.54) is 6.07 Å². The summed E-state index contributed by atoms with van der Waals surface area (Å²) in [7, 11) is 1.66. The molecule has 0 saturated heterocycles. The molecule has 0 fully saturated rings. The van der Waals surface area contributed by atoms with Gasteiger partial charge in [-0.1, -0.05) is 13.0 Å². The molecule has 0 aromatic heterocycles. The second-order valence-electron chi connectivity index (χ2n) is 3.97. The van der Waals surface area contributed by atoms with Gasteiger partial charge in [-0.25, -0.2) is 0 Å². The van der Waals surface area contributed by atoms with Crippen molar-refractivity contribution in [2.24, 2.45) is 5.73 Å². The van der Waals surface area contributed by atoms with Gasteiger partial charge in [0.2, 0.25) is 0 Å². The van der Waals surface area contributed by atoms with Gasteiger partial charge in [-0.2, -0.15) is 13.2 Å². The maximum Gasteiger partial charge on any atom is 0.418 e. The number of anilines is 1. The van der Waals surface area contributed by atoms with Crippen molar-refractivity contribution in [2.75, 3.05) is 18.5 Å². The molecule has 0 unspecified atom stereocenters. The Morgan fingerprint density at radius 2 is 1.94 bits per heavy atom. The molecule has 0 atom stereocenters. The van der Waals surface area contributed by atoms with Crippen molar-refractivity contribution in [3.05, 3.63) is 29.3 Å². The number of nitrogens with two attached hydrogens (primary N) is 1. The van der Waals surface area contributed by atoms with E-state index in [-0.39, 0.29) is 12.2 Å². The van der Waals surface area contributed by atoms with Crippen molar-refractivity contribution in [2.45, 2.75) is 26.1 Å². The molecular formula is C12H17F3N2. The number of benzene rings is 1. The topological polar surface area (TPSA) is 29.3 Å². The van der Waals surface area contributed by atoms with Crippen molar-refractivity contribution in [1.29, 1.82) is 0 Å². The Balaban J connectivity index is 3.20. The van der Waals surface area contributed by atoms with Crippen molar-refractivity contribution < 1.29 is 13.2 Å². The lowest BCUT2D eigenvalue weighted by atomic mass is 10.1. The van der Waals surface area contributed by atoms with Crippen LogP contribution in [0.5, 0.6) is 0 Å². The summed E-state index contributed by atoms with van der Waals surface area (Å²) in [6.07, 6.45) is -3.55. The van der Waals surface area contributed by atoms with Crippen molar-refractivity contribution in [3.63, 3.8) is 0 Å². The zero-order valence-electron chi connectivity index (χ0n) is 10.0. The fourth-order valence-corrected chi connectivity index (χ4v) is 1.73. The molecule has 0 aliphatic rings. The van der Waals surface area contributed by atoms with E-state index < -0.39 is 11.7 Å². The molecular weight excluding hydrogens is 229 g/mol. The van der Waals surface area contributed by atoms with Crippen LogP contribution in [0.2, 0.25) is 0 Å². The number of rotatable bonds is 4. The molecule has 1 rings (SSSR count). The van der Waals surface area contributed by atoms with Crippen LogP contribution in [0, 0.1) is 0 Å². The van der Waals surface area contributed by atoms with Gasteiger partial charge in [0.15, 0.2) is 0 Å². The van der Waals surface area contributed by atoms with E-state index in [4.69, 9.17) is 5.73 Å². The molecule has 0 radical (unpaired) electrons. The first-order valence-corrected chi connectivity index (χ1v) is 5.51. The van der Waals surface area contributed by atoms with Crippen LogP contribution in [-0.4, -0.2) is 13.6 Å². The van der Waals surface area contributed by atoms with Crippen LogP contribution in [0.25, 0.3) is 0 Å². The van der Waals surface area contributed by atoms with Crippen LogP contribution in [0.3, 0.4) is 0 Å². The van der Waals surface area contributed by atoms with E-state index in [2.05, 4.69) is 0 Å². The highest BCUT2D eigenvalue weighted by molar-refractivity contribution is 5.56. The summed E-state index contributed by atoms with van der Waals surface area (Å²) in [6, 6.07) is 4.25. The number of halogens is 3. The van der Waals surface area contributed by atoms with Crippen LogP contribution in [-0.2, 0) is 12.7 Å². The molecule has 96 valence electrons. The predicted molar refractivity (Wildman–Crippen MR) is 62.9 cm³/mol. The molecule has 2 N–H and O–H groups in total. The van der Waals surface area contributed by atoms with Gasteiger partial charge in [-0.3, -0.25) is 0 Å². The van der Waals surface area contributed by atoms with Crippen LogP contribution < -0.4 is 10.6 Å². The number of nitrogens with zero attached hydrogens (tertiary/aromatic N) is 1. The molecule has 0 aliphatic carbocycles. The largest absolute Gasteiger partial charge is 0.418 e. The monoisotopic (exact) mass is 246 g/mol. The van der Waals surface area contributed by atoms with E-state index >= 15 is 0 Å². The van der Waals surface area contributed by atoms with E-state index in [0.29, 0.717) is 12.1 Å². The lowest BCUT2D eigenvalue weighted by Gasteiger charge is -2.23. The molecule has 0 bridgehead atoms. The predicted octanol–water partition coefficient (Wildman–Crippen LogP) is 3.01. The van der Waals surface area contributed by atoms with Gasteiger partial charge < -0.3 is 10.6 Å². The summed E-state index contributed by atoms with van der Waals surface area (Å²) in [4.78, 5) is 1.61. The third-order valence-corrected chi connectivity index (χ3v) is 2.57. The van der Waals surface area contributed by atoms with Gasteiger partial charge in [-0.05, 0) is 24.1 Å². The molecule has 0 heterocycles. The Morgan fingerprint density at radius 1 is 1.29 bits per heavy atom.